The average molecular weight is 547 g/mol. The van der Waals surface area contributed by atoms with Gasteiger partial charge in [-0.2, -0.15) is 0 Å². The zero-order valence-electron chi connectivity index (χ0n) is 25.4. The maximum absolute atomic E-state index is 11.8. The van der Waals surface area contributed by atoms with Crippen LogP contribution in [-0.4, -0.2) is 106 Å². The van der Waals surface area contributed by atoms with E-state index in [0.29, 0.717) is 11.8 Å². The highest BCUT2D eigenvalue weighted by molar-refractivity contribution is 7.45. The lowest BCUT2D eigenvalue weighted by Gasteiger charge is -2.27. The van der Waals surface area contributed by atoms with Crippen molar-refractivity contribution in [1.82, 2.24) is 0 Å². The van der Waals surface area contributed by atoms with E-state index >= 15 is 0 Å². The van der Waals surface area contributed by atoms with Crippen LogP contribution in [0.15, 0.2) is 0 Å². The Bertz CT molecular complexity index is 458. The number of aliphatic hydroxyl groups is 2. The van der Waals surface area contributed by atoms with Gasteiger partial charge >= 0.3 is 0 Å². The molecule has 2 atom stereocenters. The number of rotatable bonds is 18. The van der Waals surface area contributed by atoms with E-state index in [-0.39, 0.29) is 31.9 Å². The van der Waals surface area contributed by atoms with Gasteiger partial charge in [0.2, 0.25) is 0 Å². The summed E-state index contributed by atoms with van der Waals surface area (Å²) < 4.78 is 23.6. The minimum atomic E-state index is -4.14. The van der Waals surface area contributed by atoms with Crippen LogP contribution in [0, 0.1) is 11.8 Å². The molecule has 3 N–H and O–H groups in total. The van der Waals surface area contributed by atoms with Crippen molar-refractivity contribution in [1.29, 1.82) is 0 Å². The third-order valence-electron chi connectivity index (χ3n) is 5.56. The van der Waals surface area contributed by atoms with Crippen molar-refractivity contribution < 1.29 is 43.2 Å². The first-order valence-corrected chi connectivity index (χ1v) is 15.0. The molecule has 36 heavy (non-hydrogen) atoms. The topological polar surface area (TPSA) is 129 Å². The van der Waals surface area contributed by atoms with E-state index in [4.69, 9.17) is 19.3 Å². The Morgan fingerprint density at radius 3 is 1.19 bits per heavy atom. The van der Waals surface area contributed by atoms with Crippen LogP contribution in [-0.2, 0) is 13.6 Å². The van der Waals surface area contributed by atoms with E-state index in [1.807, 2.05) is 0 Å². The van der Waals surface area contributed by atoms with Crippen LogP contribution in [0.3, 0.4) is 0 Å². The highest BCUT2D eigenvalue weighted by Crippen LogP contribution is 2.40. The molecule has 0 aromatic carbocycles. The van der Waals surface area contributed by atoms with E-state index in [2.05, 4.69) is 70.0 Å². The van der Waals surface area contributed by atoms with Crippen LogP contribution in [0.2, 0.25) is 0 Å². The Hall–Kier alpha value is -0.0900. The molecule has 0 aliphatic rings. The Balaban J connectivity index is -0.000000280. The molecule has 0 rings (SSSR count). The zero-order chi connectivity index (χ0) is 28.0. The lowest BCUT2D eigenvalue weighted by Crippen LogP contribution is -2.36. The summed E-state index contributed by atoms with van der Waals surface area (Å²) >= 11 is 0. The van der Waals surface area contributed by atoms with E-state index in [1.54, 1.807) is 0 Å². The Morgan fingerprint density at radius 2 is 1.03 bits per heavy atom. The number of unbranched alkanes of at least 4 members (excludes halogenated alkanes) is 2. The number of phosphoric acid groups is 1. The van der Waals surface area contributed by atoms with Crippen LogP contribution in [0.1, 0.15) is 79.1 Å². The first-order valence-electron chi connectivity index (χ1n) is 13.5. The highest BCUT2D eigenvalue weighted by Gasteiger charge is 2.16. The molecule has 0 bridgehead atoms. The van der Waals surface area contributed by atoms with Crippen LogP contribution >= 0.6 is 7.82 Å². The van der Waals surface area contributed by atoms with Gasteiger partial charge in [-0.3, -0.25) is 4.57 Å². The molecule has 10 heteroatoms. The summed E-state index contributed by atoms with van der Waals surface area (Å²) in [5.41, 5.74) is 0. The van der Waals surface area contributed by atoms with Gasteiger partial charge in [0, 0.05) is 0 Å². The van der Waals surface area contributed by atoms with Crippen molar-refractivity contribution in [3.8, 4) is 0 Å². The number of phosphoric ester groups is 1. The summed E-state index contributed by atoms with van der Waals surface area (Å²) in [5.74, 6) is 0.607. The number of hydrogen-bond donors (Lipinski definition) is 2. The van der Waals surface area contributed by atoms with Gasteiger partial charge in [-0.05, 0) is 24.7 Å². The number of nitrogens with zero attached hydrogens (tertiary/aromatic N) is 2. The SMILES string of the molecule is CCCCC(CC)COP(=O)([O-])OCC(CC)CCCC.C[N+](C)(C)CCO.C[N+](C)(C)CCO.[OH-]. The third kappa shape index (κ3) is 36.1. The lowest BCUT2D eigenvalue weighted by atomic mass is 10.0. The average Bonchev–Trinajstić information content (AvgIpc) is 2.73. The summed E-state index contributed by atoms with van der Waals surface area (Å²) in [6.07, 6.45) is 8.38. The molecule has 0 fully saturated rings. The van der Waals surface area contributed by atoms with Crippen molar-refractivity contribution in [3.63, 3.8) is 0 Å². The number of hydrogen-bond acceptors (Lipinski definition) is 7. The Labute approximate surface area is 223 Å². The second kappa shape index (κ2) is 25.2. The zero-order valence-corrected chi connectivity index (χ0v) is 26.3. The fourth-order valence-corrected chi connectivity index (χ4v) is 3.69. The van der Waals surface area contributed by atoms with E-state index in [0.717, 1.165) is 73.4 Å². The van der Waals surface area contributed by atoms with Crippen molar-refractivity contribution in [2.45, 2.75) is 79.1 Å². The normalized spacial score (nSPS) is 14.8. The fourth-order valence-electron chi connectivity index (χ4n) is 2.83. The van der Waals surface area contributed by atoms with E-state index in [9.17, 15) is 9.46 Å². The van der Waals surface area contributed by atoms with Crippen LogP contribution in [0.5, 0.6) is 0 Å². The van der Waals surface area contributed by atoms with Gasteiger partial charge in [-0.25, -0.2) is 0 Å². The molecule has 9 nitrogen and oxygen atoms in total. The van der Waals surface area contributed by atoms with Crippen molar-refractivity contribution >= 4 is 7.82 Å². The minimum absolute atomic E-state index is 0. The molecule has 0 radical (unpaired) electrons. The fraction of sp³-hybridized carbons (Fsp3) is 1.00. The minimum Gasteiger partial charge on any atom is -0.870 e. The van der Waals surface area contributed by atoms with Crippen molar-refractivity contribution in [2.24, 2.45) is 11.8 Å². The lowest BCUT2D eigenvalue weighted by molar-refractivity contribution is -0.870. The molecule has 224 valence electrons. The van der Waals surface area contributed by atoms with Gasteiger partial charge in [0.05, 0.1) is 68.7 Å². The van der Waals surface area contributed by atoms with Crippen molar-refractivity contribution in [3.05, 3.63) is 0 Å². The van der Waals surface area contributed by atoms with E-state index < -0.39 is 7.82 Å². The third-order valence-corrected chi connectivity index (χ3v) is 6.50. The summed E-state index contributed by atoms with van der Waals surface area (Å²) in [6, 6.07) is 0. The molecule has 0 aliphatic heterocycles. The molecule has 0 saturated carbocycles. The molecule has 0 amide bonds. The Morgan fingerprint density at radius 1 is 0.722 bits per heavy atom. The summed E-state index contributed by atoms with van der Waals surface area (Å²) in [6.45, 7) is 11.1. The summed E-state index contributed by atoms with van der Waals surface area (Å²) in [5, 5.41) is 16.8. The van der Waals surface area contributed by atoms with Gasteiger partial charge in [0.1, 0.15) is 13.1 Å². The quantitative estimate of drug-likeness (QED) is 0.195. The second-order valence-electron chi connectivity index (χ2n) is 11.3. The van der Waals surface area contributed by atoms with Gasteiger partial charge in [-0.1, -0.05) is 66.2 Å². The molecule has 0 aromatic heterocycles. The number of quaternary nitrogens is 2. The van der Waals surface area contributed by atoms with Gasteiger partial charge < -0.3 is 38.6 Å². The van der Waals surface area contributed by atoms with Gasteiger partial charge in [0.25, 0.3) is 7.82 Å². The molecular weight excluding hydrogens is 483 g/mol. The standard InChI is InChI=1S/C16H35O4P.2C5H14NO.H2O/c1-5-9-11-15(7-3)13-19-21(17,18)20-14-16(8-4)12-10-6-2;2*1-6(2,3)4-5-7;/h15-16H,5-14H2,1-4H3,(H,17,18);2*7H,4-5H2,1-3H3;1H2/q;2*+1;/p-2. The molecule has 2 unspecified atom stereocenters. The summed E-state index contributed by atoms with van der Waals surface area (Å²) in [4.78, 5) is 11.8. The highest BCUT2D eigenvalue weighted by atomic mass is 31.2. The summed E-state index contributed by atoms with van der Waals surface area (Å²) in [7, 11) is 8.17. The van der Waals surface area contributed by atoms with Crippen LogP contribution in [0.4, 0.5) is 0 Å². The predicted molar refractivity (Wildman–Crippen MR) is 148 cm³/mol. The van der Waals surface area contributed by atoms with Gasteiger partial charge in [0.15, 0.2) is 0 Å². The molecule has 0 heterocycles. The Kier molecular flexibility index (Phi) is 30.1. The molecule has 0 aromatic rings. The first kappa shape index (κ1) is 43.0. The number of likely N-dealkylation sites (N-methyl/N-ethyl adjacent to an activating group) is 2. The second-order valence-corrected chi connectivity index (χ2v) is 12.8. The van der Waals surface area contributed by atoms with Crippen molar-refractivity contribution in [2.75, 3.05) is 81.8 Å². The molecular formula is C26H63N2O7P. The first-order chi connectivity index (χ1) is 16.1. The number of aliphatic hydroxyl groups excluding tert-OH is 2. The predicted octanol–water partition coefficient (Wildman–Crippen LogP) is 4.11. The van der Waals surface area contributed by atoms with E-state index in [1.165, 1.54) is 0 Å². The molecule has 0 aliphatic carbocycles. The largest absolute Gasteiger partial charge is 0.870 e. The monoisotopic (exact) mass is 546 g/mol. The maximum Gasteiger partial charge on any atom is 0.267 e. The van der Waals surface area contributed by atoms with Gasteiger partial charge in [-0.15, -0.1) is 0 Å². The van der Waals surface area contributed by atoms with Crippen LogP contribution in [0.25, 0.3) is 0 Å². The van der Waals surface area contributed by atoms with Crippen LogP contribution < -0.4 is 4.89 Å². The molecule has 0 saturated heterocycles. The smallest absolute Gasteiger partial charge is 0.267 e. The molecule has 0 spiro atoms. The maximum atomic E-state index is 11.8.